The molecule has 2 heterocycles. The number of halogens is 2. The van der Waals surface area contributed by atoms with E-state index >= 15 is 0 Å². The van der Waals surface area contributed by atoms with Crippen molar-refractivity contribution in [1.29, 1.82) is 0 Å². The summed E-state index contributed by atoms with van der Waals surface area (Å²) in [5.41, 5.74) is 9.26. The smallest absolute Gasteiger partial charge is 0.325 e. The van der Waals surface area contributed by atoms with Gasteiger partial charge in [0.15, 0.2) is 0 Å². The van der Waals surface area contributed by atoms with Gasteiger partial charge >= 0.3 is 10.2 Å². The van der Waals surface area contributed by atoms with Crippen molar-refractivity contribution in [3.63, 3.8) is 0 Å². The first kappa shape index (κ1) is 27.0. The number of nitrogens with two attached hydrogens (primary N) is 1. The largest absolute Gasteiger partial charge is 0.383 e. The van der Waals surface area contributed by atoms with Gasteiger partial charge in [-0.05, 0) is 60.4 Å². The third-order valence-corrected chi connectivity index (χ3v) is 8.35. The predicted octanol–water partition coefficient (Wildman–Crippen LogP) is 4.77. The lowest BCUT2D eigenvalue weighted by Gasteiger charge is -2.24. The summed E-state index contributed by atoms with van der Waals surface area (Å²) in [6, 6.07) is 22.6. The Hall–Kier alpha value is -3.60. The van der Waals surface area contributed by atoms with Crippen LogP contribution in [-0.4, -0.2) is 54.9 Å². The van der Waals surface area contributed by atoms with Gasteiger partial charge in [0.2, 0.25) is 0 Å². The first-order valence-corrected chi connectivity index (χ1v) is 14.4. The first-order valence-electron chi connectivity index (χ1n) is 12.7. The van der Waals surface area contributed by atoms with E-state index in [-0.39, 0.29) is 24.3 Å². The zero-order chi connectivity index (χ0) is 27.4. The first-order chi connectivity index (χ1) is 18.8. The van der Waals surface area contributed by atoms with E-state index < -0.39 is 16.0 Å². The van der Waals surface area contributed by atoms with Gasteiger partial charge in [0, 0.05) is 29.6 Å². The third kappa shape index (κ3) is 6.35. The molecule has 202 valence electrons. The normalized spacial score (nSPS) is 19.3. The summed E-state index contributed by atoms with van der Waals surface area (Å²) >= 11 is 6.13. The minimum atomic E-state index is -4.05. The number of amidine groups is 1. The standard InChI is InChI=1S/C28H28ClFN6O2S/c29-23-13-9-21(10-14-23)26-25(20-7-3-1-4-8-20)19-36(33-26)28(32-27(31)22-11-15-24(30)16-12-22)34-39(37,38)35-17-5-2-6-18-35/h1,3-4,7-16,25H,2,5-6,17-19H2,(H2,31,32,34). The molecular formula is C28H28ClFN6O2S. The Bertz CT molecular complexity index is 1500. The number of guanidine groups is 1. The molecule has 1 fully saturated rings. The molecule has 39 heavy (non-hydrogen) atoms. The van der Waals surface area contributed by atoms with Crippen molar-refractivity contribution in [3.05, 3.63) is 106 Å². The Labute approximate surface area is 232 Å². The van der Waals surface area contributed by atoms with Crippen LogP contribution in [0.5, 0.6) is 0 Å². The fraction of sp³-hybridized carbons (Fsp3) is 0.250. The third-order valence-electron chi connectivity index (χ3n) is 6.69. The van der Waals surface area contributed by atoms with Gasteiger partial charge in [-0.15, -0.1) is 4.40 Å². The maximum atomic E-state index is 13.5. The van der Waals surface area contributed by atoms with Crippen molar-refractivity contribution in [3.8, 4) is 0 Å². The summed E-state index contributed by atoms with van der Waals surface area (Å²) in [5.74, 6) is -0.783. The minimum Gasteiger partial charge on any atom is -0.383 e. The van der Waals surface area contributed by atoms with Crippen molar-refractivity contribution < 1.29 is 12.8 Å². The molecule has 1 saturated heterocycles. The van der Waals surface area contributed by atoms with Gasteiger partial charge in [-0.25, -0.2) is 9.40 Å². The minimum absolute atomic E-state index is 0.00556. The molecule has 0 aromatic heterocycles. The monoisotopic (exact) mass is 566 g/mol. The van der Waals surface area contributed by atoms with E-state index in [1.165, 1.54) is 33.6 Å². The topological polar surface area (TPSA) is 104 Å². The van der Waals surface area contributed by atoms with Crippen molar-refractivity contribution >= 4 is 39.3 Å². The molecule has 0 saturated carbocycles. The van der Waals surface area contributed by atoms with Crippen LogP contribution in [0.1, 0.15) is 41.9 Å². The fourth-order valence-corrected chi connectivity index (χ4v) is 5.93. The summed E-state index contributed by atoms with van der Waals surface area (Å²) < 4.78 is 45.7. The Morgan fingerprint density at radius 3 is 2.28 bits per heavy atom. The lowest BCUT2D eigenvalue weighted by Crippen LogP contribution is -2.36. The van der Waals surface area contributed by atoms with E-state index in [0.717, 1.165) is 36.1 Å². The highest BCUT2D eigenvalue weighted by Crippen LogP contribution is 2.30. The van der Waals surface area contributed by atoms with Crippen molar-refractivity contribution in [2.45, 2.75) is 25.2 Å². The van der Waals surface area contributed by atoms with Crippen molar-refractivity contribution in [2.24, 2.45) is 20.2 Å². The van der Waals surface area contributed by atoms with Gasteiger partial charge in [0.1, 0.15) is 11.7 Å². The van der Waals surface area contributed by atoms with Gasteiger partial charge in [-0.3, -0.25) is 0 Å². The lowest BCUT2D eigenvalue weighted by molar-refractivity contribution is 0.346. The van der Waals surface area contributed by atoms with Crippen LogP contribution in [0.15, 0.2) is 93.4 Å². The second-order valence-electron chi connectivity index (χ2n) is 9.37. The molecule has 3 aromatic rings. The Balaban J connectivity index is 1.60. The molecule has 0 bridgehead atoms. The highest BCUT2D eigenvalue weighted by atomic mass is 35.5. The lowest BCUT2D eigenvalue weighted by atomic mass is 9.91. The average molecular weight is 567 g/mol. The number of piperidine rings is 1. The van der Waals surface area contributed by atoms with Crippen LogP contribution in [0.25, 0.3) is 0 Å². The molecule has 2 aliphatic rings. The Morgan fingerprint density at radius 2 is 1.62 bits per heavy atom. The SMILES string of the molecule is N/C(=N/C(=N/S(=O)(=O)N1CCCCC1)N1CC(c2ccccc2)C(c2ccc(Cl)cc2)=N1)c1ccc(F)cc1. The summed E-state index contributed by atoms with van der Waals surface area (Å²) in [5, 5.41) is 6.87. The van der Waals surface area contributed by atoms with E-state index in [9.17, 15) is 12.8 Å². The van der Waals surface area contributed by atoms with E-state index in [1.54, 1.807) is 12.1 Å². The number of rotatable bonds is 5. The van der Waals surface area contributed by atoms with Crippen LogP contribution in [0, 0.1) is 5.82 Å². The van der Waals surface area contributed by atoms with Crippen LogP contribution in [0.3, 0.4) is 0 Å². The summed E-state index contributed by atoms with van der Waals surface area (Å²) in [7, 11) is -4.05. The molecule has 2 N–H and O–H groups in total. The quantitative estimate of drug-likeness (QED) is 0.355. The Kier molecular flexibility index (Phi) is 8.06. The molecule has 3 aromatic carbocycles. The molecule has 2 aliphatic heterocycles. The second kappa shape index (κ2) is 11.6. The molecular weight excluding hydrogens is 539 g/mol. The van der Waals surface area contributed by atoms with Gasteiger partial charge in [0.25, 0.3) is 5.96 Å². The molecule has 5 rings (SSSR count). The van der Waals surface area contributed by atoms with Crippen molar-refractivity contribution in [2.75, 3.05) is 19.6 Å². The van der Waals surface area contributed by atoms with Gasteiger partial charge in [-0.1, -0.05) is 60.5 Å². The molecule has 1 atom stereocenters. The zero-order valence-corrected chi connectivity index (χ0v) is 22.7. The Morgan fingerprint density at radius 1 is 0.949 bits per heavy atom. The maximum Gasteiger partial charge on any atom is 0.325 e. The van der Waals surface area contributed by atoms with Crippen LogP contribution in [-0.2, 0) is 10.2 Å². The molecule has 0 amide bonds. The highest BCUT2D eigenvalue weighted by molar-refractivity contribution is 7.87. The van der Waals surface area contributed by atoms with Crippen LogP contribution in [0.4, 0.5) is 4.39 Å². The predicted molar refractivity (Wildman–Crippen MR) is 153 cm³/mol. The summed E-state index contributed by atoms with van der Waals surface area (Å²) in [4.78, 5) is 4.42. The van der Waals surface area contributed by atoms with E-state index in [0.29, 0.717) is 23.7 Å². The molecule has 1 unspecified atom stereocenters. The van der Waals surface area contributed by atoms with Crippen molar-refractivity contribution in [1.82, 2.24) is 9.31 Å². The molecule has 11 heteroatoms. The molecule has 0 aliphatic carbocycles. The number of benzene rings is 3. The van der Waals surface area contributed by atoms with Gasteiger partial charge in [-0.2, -0.15) is 22.8 Å². The van der Waals surface area contributed by atoms with E-state index in [1.807, 2.05) is 42.5 Å². The molecule has 8 nitrogen and oxygen atoms in total. The highest BCUT2D eigenvalue weighted by Gasteiger charge is 2.33. The number of hydrogen-bond acceptors (Lipinski definition) is 3. The molecule has 0 spiro atoms. The van der Waals surface area contributed by atoms with Gasteiger partial charge in [0.05, 0.1) is 12.3 Å². The van der Waals surface area contributed by atoms with E-state index in [2.05, 4.69) is 9.39 Å². The number of aliphatic imine (C=N–C) groups is 1. The number of hydrazone groups is 1. The van der Waals surface area contributed by atoms with Gasteiger partial charge < -0.3 is 5.73 Å². The number of hydrogen-bond donors (Lipinski definition) is 1. The zero-order valence-electron chi connectivity index (χ0n) is 21.1. The fourth-order valence-electron chi connectivity index (χ4n) is 4.63. The van der Waals surface area contributed by atoms with E-state index in [4.69, 9.17) is 22.4 Å². The van der Waals surface area contributed by atoms with Crippen LogP contribution in [0.2, 0.25) is 5.02 Å². The van der Waals surface area contributed by atoms with Crippen LogP contribution >= 0.6 is 11.6 Å². The maximum absolute atomic E-state index is 13.5. The summed E-state index contributed by atoms with van der Waals surface area (Å²) in [6.45, 7) is 1.07. The van der Waals surface area contributed by atoms with Crippen LogP contribution < -0.4 is 5.73 Å². The number of nitrogens with zero attached hydrogens (tertiary/aromatic N) is 5. The summed E-state index contributed by atoms with van der Waals surface area (Å²) in [6.07, 6.45) is 2.51. The molecule has 0 radical (unpaired) electrons. The second-order valence-corrected chi connectivity index (χ2v) is 11.4. The average Bonchev–Trinajstić information content (AvgIpc) is 3.40.